The summed E-state index contributed by atoms with van der Waals surface area (Å²) in [6, 6.07) is 15.3. The number of hydrogen-bond donors (Lipinski definition) is 0. The fourth-order valence-corrected chi connectivity index (χ4v) is 2.57. The number of carbonyl (C=O) groups excluding carboxylic acids is 1. The average molecular weight is 277 g/mol. The standard InChI is InChI=1S/C17H11NO3/c1-10(19)20-17-12-7-3-2-6-11(12)16-15(18-17)13-8-4-5-9-14(13)21-16/h2-9H,1H3. The van der Waals surface area contributed by atoms with E-state index in [2.05, 4.69) is 4.98 Å². The zero-order valence-corrected chi connectivity index (χ0v) is 11.3. The lowest BCUT2D eigenvalue weighted by atomic mass is 10.1. The zero-order valence-electron chi connectivity index (χ0n) is 11.3. The molecule has 0 aliphatic rings. The van der Waals surface area contributed by atoms with Crippen LogP contribution in [0.3, 0.4) is 0 Å². The number of ether oxygens (including phenoxy) is 1. The second-order valence-corrected chi connectivity index (χ2v) is 4.83. The number of carbonyl (C=O) groups is 1. The van der Waals surface area contributed by atoms with Crippen molar-refractivity contribution in [2.45, 2.75) is 6.92 Å². The van der Waals surface area contributed by atoms with Crippen molar-refractivity contribution in [3.05, 3.63) is 48.5 Å². The number of rotatable bonds is 1. The molecule has 0 N–H and O–H groups in total. The van der Waals surface area contributed by atoms with Gasteiger partial charge in [-0.25, -0.2) is 4.98 Å². The minimum Gasteiger partial charge on any atom is -0.454 e. The summed E-state index contributed by atoms with van der Waals surface area (Å²) in [5.41, 5.74) is 2.19. The van der Waals surface area contributed by atoms with Crippen LogP contribution < -0.4 is 4.74 Å². The first kappa shape index (κ1) is 11.9. The Morgan fingerprint density at radius 1 is 1.00 bits per heavy atom. The number of furan rings is 1. The van der Waals surface area contributed by atoms with Crippen molar-refractivity contribution < 1.29 is 13.9 Å². The average Bonchev–Trinajstić information content (AvgIpc) is 2.86. The molecule has 0 saturated carbocycles. The van der Waals surface area contributed by atoms with Gasteiger partial charge in [-0.2, -0.15) is 0 Å². The van der Waals surface area contributed by atoms with Gasteiger partial charge in [-0.1, -0.05) is 30.3 Å². The van der Waals surface area contributed by atoms with Gasteiger partial charge in [-0.05, 0) is 18.2 Å². The third-order valence-corrected chi connectivity index (χ3v) is 3.43. The maximum atomic E-state index is 11.3. The Kier molecular flexibility index (Phi) is 2.44. The van der Waals surface area contributed by atoms with Crippen molar-refractivity contribution in [2.24, 2.45) is 0 Å². The summed E-state index contributed by atoms with van der Waals surface area (Å²) in [6.45, 7) is 1.37. The van der Waals surface area contributed by atoms with E-state index in [0.717, 1.165) is 21.7 Å². The molecule has 0 unspecified atom stereocenters. The number of esters is 1. The Morgan fingerprint density at radius 2 is 1.67 bits per heavy atom. The van der Waals surface area contributed by atoms with Crippen molar-refractivity contribution in [3.8, 4) is 5.88 Å². The van der Waals surface area contributed by atoms with Crippen LogP contribution in [0.25, 0.3) is 32.8 Å². The molecule has 21 heavy (non-hydrogen) atoms. The molecule has 0 bridgehead atoms. The molecular formula is C17H11NO3. The molecule has 2 aromatic carbocycles. The fraction of sp³-hybridized carbons (Fsp3) is 0.0588. The Hall–Kier alpha value is -2.88. The third-order valence-electron chi connectivity index (χ3n) is 3.43. The third kappa shape index (κ3) is 1.76. The monoisotopic (exact) mass is 277 g/mol. The largest absolute Gasteiger partial charge is 0.454 e. The first-order valence-corrected chi connectivity index (χ1v) is 6.62. The molecule has 2 heterocycles. The van der Waals surface area contributed by atoms with E-state index in [9.17, 15) is 4.79 Å². The minimum atomic E-state index is -0.389. The first-order chi connectivity index (χ1) is 10.2. The molecule has 4 rings (SSSR count). The predicted octanol–water partition coefficient (Wildman–Crippen LogP) is 4.06. The molecule has 102 valence electrons. The highest BCUT2D eigenvalue weighted by atomic mass is 16.5. The number of aromatic nitrogens is 1. The van der Waals surface area contributed by atoms with Crippen LogP contribution in [-0.4, -0.2) is 11.0 Å². The van der Waals surface area contributed by atoms with Crippen molar-refractivity contribution in [1.82, 2.24) is 4.98 Å². The van der Waals surface area contributed by atoms with Crippen LogP contribution in [0.15, 0.2) is 52.9 Å². The van der Waals surface area contributed by atoms with E-state index in [1.54, 1.807) is 0 Å². The Bertz CT molecular complexity index is 1000. The maximum Gasteiger partial charge on any atom is 0.309 e. The van der Waals surface area contributed by atoms with Gasteiger partial charge in [0.1, 0.15) is 11.1 Å². The first-order valence-electron chi connectivity index (χ1n) is 6.62. The second-order valence-electron chi connectivity index (χ2n) is 4.83. The molecule has 0 aliphatic carbocycles. The van der Waals surface area contributed by atoms with E-state index in [0.29, 0.717) is 17.0 Å². The van der Waals surface area contributed by atoms with Crippen molar-refractivity contribution in [2.75, 3.05) is 0 Å². The van der Waals surface area contributed by atoms with Gasteiger partial charge in [0, 0.05) is 23.1 Å². The van der Waals surface area contributed by atoms with Crippen LogP contribution in [0.2, 0.25) is 0 Å². The summed E-state index contributed by atoms with van der Waals surface area (Å²) in [6.07, 6.45) is 0. The Labute approximate surface area is 119 Å². The van der Waals surface area contributed by atoms with Crippen LogP contribution >= 0.6 is 0 Å². The smallest absolute Gasteiger partial charge is 0.309 e. The van der Waals surface area contributed by atoms with Gasteiger partial charge in [-0.15, -0.1) is 0 Å². The molecule has 0 atom stereocenters. The molecular weight excluding hydrogens is 266 g/mol. The normalized spacial score (nSPS) is 11.3. The summed E-state index contributed by atoms with van der Waals surface area (Å²) in [4.78, 5) is 15.8. The summed E-state index contributed by atoms with van der Waals surface area (Å²) >= 11 is 0. The molecule has 4 nitrogen and oxygen atoms in total. The highest BCUT2D eigenvalue weighted by Crippen LogP contribution is 2.36. The lowest BCUT2D eigenvalue weighted by Crippen LogP contribution is -2.03. The Morgan fingerprint density at radius 3 is 2.43 bits per heavy atom. The molecule has 4 heteroatoms. The molecule has 0 aliphatic heterocycles. The Balaban J connectivity index is 2.21. The van der Waals surface area contributed by atoms with Crippen molar-refractivity contribution in [3.63, 3.8) is 0 Å². The molecule has 0 fully saturated rings. The lowest BCUT2D eigenvalue weighted by Gasteiger charge is -2.05. The van der Waals surface area contributed by atoms with Gasteiger partial charge in [0.25, 0.3) is 0 Å². The molecule has 0 amide bonds. The maximum absolute atomic E-state index is 11.3. The number of nitrogens with zero attached hydrogens (tertiary/aromatic N) is 1. The summed E-state index contributed by atoms with van der Waals surface area (Å²) in [5.74, 6) is -0.0723. The predicted molar refractivity (Wildman–Crippen MR) is 80.3 cm³/mol. The van der Waals surface area contributed by atoms with E-state index in [4.69, 9.17) is 9.15 Å². The number of para-hydroxylation sites is 1. The fourth-order valence-electron chi connectivity index (χ4n) is 2.57. The summed E-state index contributed by atoms with van der Waals surface area (Å²) in [7, 11) is 0. The van der Waals surface area contributed by atoms with Crippen LogP contribution in [0, 0.1) is 0 Å². The number of hydrogen-bond acceptors (Lipinski definition) is 4. The highest BCUT2D eigenvalue weighted by Gasteiger charge is 2.16. The van der Waals surface area contributed by atoms with E-state index >= 15 is 0 Å². The van der Waals surface area contributed by atoms with Crippen molar-refractivity contribution >= 4 is 38.8 Å². The van der Waals surface area contributed by atoms with Crippen molar-refractivity contribution in [1.29, 1.82) is 0 Å². The topological polar surface area (TPSA) is 52.3 Å². The van der Waals surface area contributed by atoms with Gasteiger partial charge in [0.15, 0.2) is 5.58 Å². The second kappa shape index (κ2) is 4.31. The lowest BCUT2D eigenvalue weighted by molar-refractivity contribution is -0.132. The summed E-state index contributed by atoms with van der Waals surface area (Å²) in [5, 5.41) is 2.56. The SMILES string of the molecule is CC(=O)Oc1nc2c3ccccc3oc2c2ccccc12. The van der Waals surface area contributed by atoms with E-state index in [-0.39, 0.29) is 5.97 Å². The van der Waals surface area contributed by atoms with Crippen LogP contribution in [0.4, 0.5) is 0 Å². The van der Waals surface area contributed by atoms with E-state index in [1.807, 2.05) is 48.5 Å². The van der Waals surface area contributed by atoms with E-state index < -0.39 is 0 Å². The molecule has 4 aromatic rings. The molecule has 0 radical (unpaired) electrons. The summed E-state index contributed by atoms with van der Waals surface area (Å²) < 4.78 is 11.2. The van der Waals surface area contributed by atoms with Gasteiger partial charge in [0.2, 0.25) is 5.88 Å². The van der Waals surface area contributed by atoms with Gasteiger partial charge in [0.05, 0.1) is 0 Å². The van der Waals surface area contributed by atoms with Gasteiger partial charge < -0.3 is 9.15 Å². The van der Waals surface area contributed by atoms with Gasteiger partial charge in [-0.3, -0.25) is 4.79 Å². The number of fused-ring (bicyclic) bond motifs is 5. The van der Waals surface area contributed by atoms with Gasteiger partial charge >= 0.3 is 5.97 Å². The zero-order chi connectivity index (χ0) is 14.4. The quantitative estimate of drug-likeness (QED) is 0.492. The molecule has 2 aromatic heterocycles. The van der Waals surface area contributed by atoms with Crippen LogP contribution in [0.5, 0.6) is 5.88 Å². The molecule has 0 saturated heterocycles. The molecule has 0 spiro atoms. The minimum absolute atomic E-state index is 0.317. The number of pyridine rings is 1. The van der Waals surface area contributed by atoms with E-state index in [1.165, 1.54) is 6.92 Å². The van der Waals surface area contributed by atoms with Crippen LogP contribution in [-0.2, 0) is 4.79 Å². The number of benzene rings is 2. The van der Waals surface area contributed by atoms with Crippen LogP contribution in [0.1, 0.15) is 6.92 Å². The highest BCUT2D eigenvalue weighted by molar-refractivity contribution is 6.14.